The van der Waals surface area contributed by atoms with E-state index in [-0.39, 0.29) is 15.4 Å². The van der Waals surface area contributed by atoms with E-state index in [1.165, 1.54) is 18.2 Å². The Morgan fingerprint density at radius 2 is 1.39 bits per heavy atom. The summed E-state index contributed by atoms with van der Waals surface area (Å²) in [5, 5.41) is 0. The van der Waals surface area contributed by atoms with Crippen molar-refractivity contribution in [2.45, 2.75) is 12.1 Å². The van der Waals surface area contributed by atoms with Gasteiger partial charge < -0.3 is 0 Å². The average molecular weight is 398 g/mol. The maximum absolute atomic E-state index is 12.7. The van der Waals surface area contributed by atoms with Crippen LogP contribution in [-0.2, 0) is 15.1 Å². The van der Waals surface area contributed by atoms with Crippen molar-refractivity contribution in [3.05, 3.63) is 77.4 Å². The molecule has 0 spiro atoms. The van der Waals surface area contributed by atoms with Gasteiger partial charge in [0.25, 0.3) is 17.7 Å². The highest BCUT2D eigenvalue weighted by atomic mass is 32.2. The lowest BCUT2D eigenvalue weighted by Crippen LogP contribution is -2.72. The highest BCUT2D eigenvalue weighted by Crippen LogP contribution is 2.35. The quantitative estimate of drug-likeness (QED) is 0.473. The van der Waals surface area contributed by atoms with Crippen molar-refractivity contribution < 1.29 is 27.4 Å². The molecule has 2 aliphatic rings. The molecule has 3 amide bonds. The summed E-state index contributed by atoms with van der Waals surface area (Å²) in [6.45, 7) is 0. The van der Waals surface area contributed by atoms with Gasteiger partial charge in [0.05, 0.1) is 17.2 Å². The third kappa shape index (κ3) is 2.72. The van der Waals surface area contributed by atoms with Gasteiger partial charge in [-0.15, -0.1) is 0 Å². The topological polar surface area (TPSA) is 112 Å². The Kier molecular flexibility index (Phi) is 4.13. The van der Waals surface area contributed by atoms with Crippen LogP contribution in [-0.4, -0.2) is 52.0 Å². The maximum Gasteiger partial charge on any atom is 0.362 e. The number of imide groups is 1. The van der Waals surface area contributed by atoms with Gasteiger partial charge in [0.2, 0.25) is 0 Å². The molecule has 0 aromatic heterocycles. The van der Waals surface area contributed by atoms with Crippen LogP contribution in [0.3, 0.4) is 0 Å². The van der Waals surface area contributed by atoms with Gasteiger partial charge in [0.1, 0.15) is 6.04 Å². The second-order valence-electron chi connectivity index (χ2n) is 6.34. The molecule has 0 bridgehead atoms. The molecule has 1 saturated heterocycles. The summed E-state index contributed by atoms with van der Waals surface area (Å²) < 4.78 is 32.9. The standard InChI is InChI=1S/C19H14N2O6S/c22-17-13-8-4-5-9-14(13)18(23)20(17)16-15(21(19(16)24)28(25,26)27)11-10-12-6-2-1-3-7-12/h1-11,15-16H,(H,25,26,27). The third-order valence-corrected chi connectivity index (χ3v) is 5.62. The summed E-state index contributed by atoms with van der Waals surface area (Å²) >= 11 is 0. The Balaban J connectivity index is 1.72. The minimum atomic E-state index is -4.85. The van der Waals surface area contributed by atoms with Gasteiger partial charge in [-0.1, -0.05) is 54.6 Å². The zero-order chi connectivity index (χ0) is 20.1. The van der Waals surface area contributed by atoms with Gasteiger partial charge in [0.15, 0.2) is 0 Å². The molecule has 2 heterocycles. The number of hydrogen-bond acceptors (Lipinski definition) is 5. The van der Waals surface area contributed by atoms with Crippen molar-refractivity contribution in [3.63, 3.8) is 0 Å². The van der Waals surface area contributed by atoms with Crippen LogP contribution in [0.4, 0.5) is 0 Å². The first-order chi connectivity index (χ1) is 13.3. The van der Waals surface area contributed by atoms with E-state index in [0.29, 0.717) is 0 Å². The first-order valence-corrected chi connectivity index (χ1v) is 9.71. The lowest BCUT2D eigenvalue weighted by molar-refractivity contribution is -0.143. The lowest BCUT2D eigenvalue weighted by Gasteiger charge is -2.45. The fourth-order valence-corrected chi connectivity index (χ4v) is 4.25. The van der Waals surface area contributed by atoms with E-state index in [0.717, 1.165) is 10.5 Å². The Morgan fingerprint density at radius 3 is 1.93 bits per heavy atom. The van der Waals surface area contributed by atoms with E-state index >= 15 is 0 Å². The van der Waals surface area contributed by atoms with Crippen molar-refractivity contribution in [3.8, 4) is 0 Å². The summed E-state index contributed by atoms with van der Waals surface area (Å²) in [6.07, 6.45) is 2.93. The third-order valence-electron chi connectivity index (χ3n) is 4.70. The molecule has 1 N–H and O–H groups in total. The van der Waals surface area contributed by atoms with Crippen LogP contribution < -0.4 is 0 Å². The second kappa shape index (κ2) is 6.39. The van der Waals surface area contributed by atoms with Crippen LogP contribution in [0.2, 0.25) is 0 Å². The Morgan fingerprint density at radius 1 is 0.857 bits per heavy atom. The molecule has 4 rings (SSSR count). The molecule has 2 aliphatic heterocycles. The predicted molar refractivity (Wildman–Crippen MR) is 98.4 cm³/mol. The normalized spacial score (nSPS) is 22.0. The van der Waals surface area contributed by atoms with Gasteiger partial charge in [-0.25, -0.2) is 4.31 Å². The average Bonchev–Trinajstić information content (AvgIpc) is 2.90. The number of fused-ring (bicyclic) bond motifs is 1. The van der Waals surface area contributed by atoms with Gasteiger partial charge >= 0.3 is 10.3 Å². The summed E-state index contributed by atoms with van der Waals surface area (Å²) in [5.74, 6) is -2.39. The Bertz CT molecular complexity index is 1090. The first kappa shape index (κ1) is 18.1. The van der Waals surface area contributed by atoms with Gasteiger partial charge in [0, 0.05) is 0 Å². The fourth-order valence-electron chi connectivity index (χ4n) is 3.42. The number of β-lactam (4-membered cyclic amide) rings is 1. The van der Waals surface area contributed by atoms with Crippen molar-refractivity contribution in [1.82, 2.24) is 9.21 Å². The Labute approximate surface area is 160 Å². The van der Waals surface area contributed by atoms with E-state index < -0.39 is 40.1 Å². The second-order valence-corrected chi connectivity index (χ2v) is 7.63. The minimum absolute atomic E-state index is 0.149. The Hall–Kier alpha value is -3.30. The van der Waals surface area contributed by atoms with E-state index in [2.05, 4.69) is 0 Å². The van der Waals surface area contributed by atoms with E-state index in [1.54, 1.807) is 48.5 Å². The molecule has 2 atom stereocenters. The first-order valence-electron chi connectivity index (χ1n) is 8.31. The SMILES string of the molecule is O=C1c2ccccc2C(=O)N1C1C(=O)N(S(=O)(=O)O)C1C=Cc1ccccc1. The number of hydrogen-bond donors (Lipinski definition) is 1. The number of rotatable bonds is 4. The largest absolute Gasteiger partial charge is 0.362 e. The lowest BCUT2D eigenvalue weighted by atomic mass is 9.95. The van der Waals surface area contributed by atoms with Crippen LogP contribution in [0, 0.1) is 0 Å². The molecule has 142 valence electrons. The minimum Gasteiger partial charge on any atom is -0.271 e. The molecule has 0 aliphatic carbocycles. The van der Waals surface area contributed by atoms with E-state index in [4.69, 9.17) is 0 Å². The molecule has 0 radical (unpaired) electrons. The van der Waals surface area contributed by atoms with Crippen molar-refractivity contribution >= 4 is 34.1 Å². The molecule has 8 nitrogen and oxygen atoms in total. The maximum atomic E-state index is 12.7. The van der Waals surface area contributed by atoms with Crippen molar-refractivity contribution in [1.29, 1.82) is 0 Å². The highest BCUT2D eigenvalue weighted by Gasteiger charge is 2.59. The molecule has 28 heavy (non-hydrogen) atoms. The van der Waals surface area contributed by atoms with Crippen LogP contribution >= 0.6 is 0 Å². The van der Waals surface area contributed by atoms with Crippen LogP contribution in [0.1, 0.15) is 26.3 Å². The fraction of sp³-hybridized carbons (Fsp3) is 0.105. The summed E-state index contributed by atoms with van der Waals surface area (Å²) in [7, 11) is -4.85. The molecular formula is C19H14N2O6S. The van der Waals surface area contributed by atoms with Gasteiger partial charge in [-0.2, -0.15) is 8.42 Å². The van der Waals surface area contributed by atoms with Crippen molar-refractivity contribution in [2.75, 3.05) is 0 Å². The smallest absolute Gasteiger partial charge is 0.271 e. The summed E-state index contributed by atoms with van der Waals surface area (Å²) in [6, 6.07) is 12.4. The van der Waals surface area contributed by atoms with Gasteiger partial charge in [-0.3, -0.25) is 23.8 Å². The molecular weight excluding hydrogens is 384 g/mol. The number of carbonyl (C=O) groups excluding carboxylic acids is 3. The zero-order valence-electron chi connectivity index (χ0n) is 14.3. The number of benzene rings is 2. The summed E-state index contributed by atoms with van der Waals surface area (Å²) in [4.78, 5) is 38.5. The molecule has 1 fully saturated rings. The zero-order valence-corrected chi connectivity index (χ0v) is 15.1. The van der Waals surface area contributed by atoms with Crippen LogP contribution in [0.5, 0.6) is 0 Å². The predicted octanol–water partition coefficient (Wildman–Crippen LogP) is 1.38. The summed E-state index contributed by atoms with van der Waals surface area (Å²) in [5.41, 5.74) is 1.02. The van der Waals surface area contributed by atoms with E-state index in [9.17, 15) is 27.4 Å². The molecule has 2 unspecified atom stereocenters. The molecule has 9 heteroatoms. The van der Waals surface area contributed by atoms with Gasteiger partial charge in [-0.05, 0) is 17.7 Å². The highest BCUT2D eigenvalue weighted by molar-refractivity contribution is 7.84. The number of amides is 3. The van der Waals surface area contributed by atoms with Crippen molar-refractivity contribution in [2.24, 2.45) is 0 Å². The van der Waals surface area contributed by atoms with Crippen LogP contribution in [0.15, 0.2) is 60.7 Å². The molecule has 2 aromatic rings. The molecule has 2 aromatic carbocycles. The molecule has 0 saturated carbocycles. The van der Waals surface area contributed by atoms with Crippen LogP contribution in [0.25, 0.3) is 6.08 Å². The number of carbonyl (C=O) groups is 3. The monoisotopic (exact) mass is 398 g/mol. The number of nitrogens with zero attached hydrogens (tertiary/aromatic N) is 2. The van der Waals surface area contributed by atoms with E-state index in [1.807, 2.05) is 0 Å².